The summed E-state index contributed by atoms with van der Waals surface area (Å²) in [6, 6.07) is 3.91. The van der Waals surface area contributed by atoms with Crippen LogP contribution in [0.2, 0.25) is 0 Å². The van der Waals surface area contributed by atoms with Gasteiger partial charge in [-0.25, -0.2) is 4.98 Å². The summed E-state index contributed by atoms with van der Waals surface area (Å²) >= 11 is 0. The van der Waals surface area contributed by atoms with Gasteiger partial charge in [-0.15, -0.1) is 0 Å². The van der Waals surface area contributed by atoms with E-state index in [0.29, 0.717) is 11.7 Å². The summed E-state index contributed by atoms with van der Waals surface area (Å²) in [7, 11) is 0. The van der Waals surface area contributed by atoms with Crippen molar-refractivity contribution in [2.24, 2.45) is 5.92 Å². The number of aliphatic hydroxyl groups is 1. The monoisotopic (exact) mass is 272 g/mol. The number of aromatic nitrogens is 3. The summed E-state index contributed by atoms with van der Waals surface area (Å²) in [5.74, 6) is 2.08. The molecule has 6 heteroatoms. The molecule has 0 fully saturated rings. The summed E-state index contributed by atoms with van der Waals surface area (Å²) in [4.78, 5) is 8.49. The van der Waals surface area contributed by atoms with Crippen molar-refractivity contribution >= 4 is 5.82 Å². The zero-order valence-corrected chi connectivity index (χ0v) is 11.2. The van der Waals surface area contributed by atoms with Crippen molar-refractivity contribution in [1.29, 1.82) is 0 Å². The van der Waals surface area contributed by atoms with Gasteiger partial charge in [-0.1, -0.05) is 17.3 Å². The highest BCUT2D eigenvalue weighted by atomic mass is 16.5. The Morgan fingerprint density at radius 3 is 3.05 bits per heavy atom. The van der Waals surface area contributed by atoms with Gasteiger partial charge in [0.05, 0.1) is 0 Å². The zero-order chi connectivity index (χ0) is 13.9. The lowest BCUT2D eigenvalue weighted by Crippen LogP contribution is -2.17. The van der Waals surface area contributed by atoms with E-state index >= 15 is 0 Å². The average molecular weight is 272 g/mol. The summed E-state index contributed by atoms with van der Waals surface area (Å²) < 4.78 is 5.15. The van der Waals surface area contributed by atoms with E-state index in [2.05, 4.69) is 26.5 Å². The van der Waals surface area contributed by atoms with Crippen molar-refractivity contribution in [3.05, 3.63) is 36.3 Å². The minimum atomic E-state index is 0.184. The van der Waals surface area contributed by atoms with E-state index in [4.69, 9.17) is 9.63 Å². The third-order valence-corrected chi connectivity index (χ3v) is 3.27. The van der Waals surface area contributed by atoms with Crippen LogP contribution < -0.4 is 5.32 Å². The number of pyridine rings is 1. The predicted molar refractivity (Wildman–Crippen MR) is 74.0 cm³/mol. The maximum atomic E-state index is 9.12. The van der Waals surface area contributed by atoms with Crippen LogP contribution in [0.3, 0.4) is 0 Å². The summed E-state index contributed by atoms with van der Waals surface area (Å²) in [5.41, 5.74) is 0.837. The first kappa shape index (κ1) is 12.8. The molecule has 0 saturated heterocycles. The molecule has 0 saturated carbocycles. The molecule has 0 aromatic carbocycles. The van der Waals surface area contributed by atoms with Crippen molar-refractivity contribution in [2.45, 2.75) is 19.4 Å². The maximum absolute atomic E-state index is 9.12. The van der Waals surface area contributed by atoms with E-state index in [1.807, 2.05) is 18.2 Å². The largest absolute Gasteiger partial charge is 0.396 e. The molecule has 2 aromatic rings. The predicted octanol–water partition coefficient (Wildman–Crippen LogP) is 1.79. The van der Waals surface area contributed by atoms with Gasteiger partial charge in [0, 0.05) is 30.3 Å². The van der Waals surface area contributed by atoms with Crippen molar-refractivity contribution < 1.29 is 9.63 Å². The molecule has 2 atom stereocenters. The van der Waals surface area contributed by atoms with Gasteiger partial charge in [-0.05, 0) is 25.5 Å². The normalized spacial score (nSPS) is 21.3. The fourth-order valence-corrected chi connectivity index (χ4v) is 2.26. The van der Waals surface area contributed by atoms with Gasteiger partial charge in [-0.2, -0.15) is 4.98 Å². The van der Waals surface area contributed by atoms with Gasteiger partial charge in [0.25, 0.3) is 5.89 Å². The molecule has 0 aliphatic heterocycles. The van der Waals surface area contributed by atoms with Crippen LogP contribution >= 0.6 is 0 Å². The van der Waals surface area contributed by atoms with Crippen LogP contribution in [-0.4, -0.2) is 32.9 Å². The third kappa shape index (κ3) is 2.70. The highest BCUT2D eigenvalue weighted by Crippen LogP contribution is 2.23. The summed E-state index contributed by atoms with van der Waals surface area (Å²) in [6.45, 7) is 1.97. The Balaban J connectivity index is 1.74. The second kappa shape index (κ2) is 5.42. The smallest absolute Gasteiger partial charge is 0.258 e. The minimum Gasteiger partial charge on any atom is -0.396 e. The second-order valence-electron chi connectivity index (χ2n) is 4.89. The van der Waals surface area contributed by atoms with E-state index in [1.54, 1.807) is 13.1 Å². The molecule has 0 spiro atoms. The molecule has 0 unspecified atom stereocenters. The van der Waals surface area contributed by atoms with E-state index in [9.17, 15) is 0 Å². The van der Waals surface area contributed by atoms with Crippen LogP contribution in [0.25, 0.3) is 11.5 Å². The van der Waals surface area contributed by atoms with E-state index < -0.39 is 0 Å². The molecule has 1 aliphatic carbocycles. The van der Waals surface area contributed by atoms with Crippen LogP contribution in [0.4, 0.5) is 5.82 Å². The van der Waals surface area contributed by atoms with Crippen LogP contribution in [0.1, 0.15) is 12.2 Å². The molecule has 1 aliphatic rings. The second-order valence-corrected chi connectivity index (χ2v) is 4.89. The number of aryl methyl sites for hydroxylation is 1. The molecular weight excluding hydrogens is 256 g/mol. The van der Waals surface area contributed by atoms with Crippen molar-refractivity contribution in [3.8, 4) is 11.5 Å². The molecular formula is C14H16N4O2. The van der Waals surface area contributed by atoms with Gasteiger partial charge >= 0.3 is 0 Å². The lowest BCUT2D eigenvalue weighted by Gasteiger charge is -2.13. The van der Waals surface area contributed by atoms with E-state index in [0.717, 1.165) is 17.8 Å². The molecule has 2 N–H and O–H groups in total. The fraction of sp³-hybridized carbons (Fsp3) is 0.357. The van der Waals surface area contributed by atoms with Crippen molar-refractivity contribution in [3.63, 3.8) is 0 Å². The number of nitrogens with one attached hydrogen (secondary N) is 1. The Bertz CT molecular complexity index is 623. The number of anilines is 1. The van der Waals surface area contributed by atoms with E-state index in [-0.39, 0.29) is 18.6 Å². The molecule has 2 aromatic heterocycles. The van der Waals surface area contributed by atoms with Gasteiger partial charge in [-0.3, -0.25) is 0 Å². The maximum Gasteiger partial charge on any atom is 0.258 e. The standard InChI is InChI=1S/C14H16N4O2/c1-9-16-14(20-18-9)11-4-5-15-13(7-11)17-12-3-2-10(6-12)8-19/h2-5,7,10,12,19H,6,8H2,1H3,(H,15,17)/t10-,12+/m0/s1. The first-order valence-corrected chi connectivity index (χ1v) is 6.57. The topological polar surface area (TPSA) is 84.1 Å². The molecule has 2 heterocycles. The number of hydrogen-bond acceptors (Lipinski definition) is 6. The van der Waals surface area contributed by atoms with Crippen LogP contribution in [-0.2, 0) is 0 Å². The minimum absolute atomic E-state index is 0.184. The van der Waals surface area contributed by atoms with Crippen LogP contribution in [0, 0.1) is 12.8 Å². The average Bonchev–Trinajstić information content (AvgIpc) is 3.08. The molecule has 20 heavy (non-hydrogen) atoms. The molecule has 0 bridgehead atoms. The van der Waals surface area contributed by atoms with Gasteiger partial charge in [0.15, 0.2) is 5.82 Å². The lowest BCUT2D eigenvalue weighted by atomic mass is 10.1. The molecule has 6 nitrogen and oxygen atoms in total. The Hall–Kier alpha value is -2.21. The number of rotatable bonds is 4. The number of nitrogens with zero attached hydrogens (tertiary/aromatic N) is 3. The van der Waals surface area contributed by atoms with Gasteiger partial charge < -0.3 is 14.9 Å². The number of aliphatic hydroxyl groups excluding tert-OH is 1. The number of hydrogen-bond donors (Lipinski definition) is 2. The van der Waals surface area contributed by atoms with Crippen LogP contribution in [0.5, 0.6) is 0 Å². The highest BCUT2D eigenvalue weighted by Gasteiger charge is 2.18. The Morgan fingerprint density at radius 1 is 1.45 bits per heavy atom. The quantitative estimate of drug-likeness (QED) is 0.825. The third-order valence-electron chi connectivity index (χ3n) is 3.27. The summed E-state index contributed by atoms with van der Waals surface area (Å²) in [5, 5.41) is 16.2. The summed E-state index contributed by atoms with van der Waals surface area (Å²) in [6.07, 6.45) is 6.68. The zero-order valence-electron chi connectivity index (χ0n) is 11.2. The van der Waals surface area contributed by atoms with Crippen LogP contribution in [0.15, 0.2) is 35.0 Å². The van der Waals surface area contributed by atoms with Gasteiger partial charge in [0.2, 0.25) is 0 Å². The molecule has 104 valence electrons. The lowest BCUT2D eigenvalue weighted by molar-refractivity contribution is 0.250. The van der Waals surface area contributed by atoms with Crippen molar-refractivity contribution in [2.75, 3.05) is 11.9 Å². The molecule has 0 radical (unpaired) electrons. The SMILES string of the molecule is Cc1noc(-c2ccnc(N[C@@H]3C=C[C@H](CO)C3)c2)n1. The Morgan fingerprint density at radius 2 is 2.35 bits per heavy atom. The first-order valence-electron chi connectivity index (χ1n) is 6.57. The van der Waals surface area contributed by atoms with Crippen molar-refractivity contribution in [1.82, 2.24) is 15.1 Å². The Labute approximate surface area is 116 Å². The Kier molecular flexibility index (Phi) is 3.47. The molecule has 3 rings (SSSR count). The first-order chi connectivity index (χ1) is 9.74. The van der Waals surface area contributed by atoms with Gasteiger partial charge in [0.1, 0.15) is 5.82 Å². The fourth-order valence-electron chi connectivity index (χ4n) is 2.26. The van der Waals surface area contributed by atoms with E-state index in [1.165, 1.54) is 0 Å². The molecule has 0 amide bonds. The highest BCUT2D eigenvalue weighted by molar-refractivity contribution is 5.58.